The summed E-state index contributed by atoms with van der Waals surface area (Å²) in [6, 6.07) is 5.89. The van der Waals surface area contributed by atoms with Crippen LogP contribution >= 0.6 is 22.9 Å². The van der Waals surface area contributed by atoms with Crippen molar-refractivity contribution in [1.29, 1.82) is 0 Å². The number of aryl methyl sites for hydroxylation is 1. The Hall–Kier alpha value is -1.92. The predicted molar refractivity (Wildman–Crippen MR) is 97.8 cm³/mol. The summed E-state index contributed by atoms with van der Waals surface area (Å²) in [4.78, 5) is 20.1. The van der Waals surface area contributed by atoms with Crippen LogP contribution in [-0.2, 0) is 6.54 Å². The molecule has 0 aliphatic rings. The molecule has 0 aliphatic heterocycles. The van der Waals surface area contributed by atoms with Crippen molar-refractivity contribution in [3.05, 3.63) is 44.9 Å². The molecule has 0 fully saturated rings. The van der Waals surface area contributed by atoms with Gasteiger partial charge in [0.05, 0.1) is 28.3 Å². The third-order valence-electron chi connectivity index (χ3n) is 3.85. The molecule has 1 amide bonds. The van der Waals surface area contributed by atoms with Crippen molar-refractivity contribution >= 4 is 39.9 Å². The zero-order chi connectivity index (χ0) is 17.4. The van der Waals surface area contributed by atoms with Gasteiger partial charge in [-0.05, 0) is 39.0 Å². The summed E-state index contributed by atoms with van der Waals surface area (Å²) in [5.41, 5.74) is 2.13. The molecule has 126 valence electrons. The number of hydrogen-bond donors (Lipinski definition) is 0. The molecule has 0 saturated carbocycles. The van der Waals surface area contributed by atoms with Gasteiger partial charge in [-0.3, -0.25) is 4.79 Å². The van der Waals surface area contributed by atoms with E-state index in [1.165, 1.54) is 11.3 Å². The van der Waals surface area contributed by atoms with Crippen molar-refractivity contribution in [2.45, 2.75) is 33.4 Å². The van der Waals surface area contributed by atoms with Crippen molar-refractivity contribution in [3.8, 4) is 0 Å². The van der Waals surface area contributed by atoms with Gasteiger partial charge >= 0.3 is 0 Å². The lowest BCUT2D eigenvalue weighted by Gasteiger charge is -2.17. The molecule has 0 N–H and O–H groups in total. The van der Waals surface area contributed by atoms with E-state index >= 15 is 0 Å². The molecule has 0 atom stereocenters. The van der Waals surface area contributed by atoms with Crippen LogP contribution in [0, 0.1) is 6.92 Å². The predicted octanol–water partition coefficient (Wildman–Crippen LogP) is 4.31. The number of fused-ring (bicyclic) bond motifs is 1. The Labute approximate surface area is 149 Å². The van der Waals surface area contributed by atoms with Gasteiger partial charge in [-0.1, -0.05) is 11.6 Å². The van der Waals surface area contributed by atoms with Gasteiger partial charge in [-0.25, -0.2) is 9.67 Å². The quantitative estimate of drug-likeness (QED) is 0.695. The van der Waals surface area contributed by atoms with Gasteiger partial charge in [-0.2, -0.15) is 5.10 Å². The van der Waals surface area contributed by atoms with E-state index in [9.17, 15) is 4.79 Å². The molecule has 0 unspecified atom stereocenters. The van der Waals surface area contributed by atoms with Crippen molar-refractivity contribution < 1.29 is 4.79 Å². The molecular formula is C17H19ClN4OS. The number of halogens is 1. The zero-order valence-corrected chi connectivity index (χ0v) is 15.6. The number of carbonyl (C=O) groups excluding carboxylic acids is 1. The molecule has 0 spiro atoms. The molecule has 0 aromatic carbocycles. The van der Waals surface area contributed by atoms with Crippen LogP contribution in [0.1, 0.15) is 40.8 Å². The van der Waals surface area contributed by atoms with Gasteiger partial charge in [0, 0.05) is 23.4 Å². The van der Waals surface area contributed by atoms with E-state index in [-0.39, 0.29) is 11.9 Å². The molecule has 3 aromatic rings. The minimum atomic E-state index is -0.0521. The van der Waals surface area contributed by atoms with E-state index in [0.717, 1.165) is 20.2 Å². The number of amides is 1. The molecule has 0 aliphatic carbocycles. The maximum absolute atomic E-state index is 12.8. The summed E-state index contributed by atoms with van der Waals surface area (Å²) >= 11 is 7.44. The van der Waals surface area contributed by atoms with Crippen LogP contribution in [0.15, 0.2) is 24.4 Å². The highest BCUT2D eigenvalue weighted by molar-refractivity contribution is 7.16. The number of hydrogen-bond acceptors (Lipinski definition) is 4. The van der Waals surface area contributed by atoms with E-state index in [1.807, 2.05) is 29.8 Å². The molecule has 3 rings (SSSR count). The first-order valence-electron chi connectivity index (χ1n) is 7.71. The van der Waals surface area contributed by atoms with Crippen molar-refractivity contribution in [2.24, 2.45) is 0 Å². The summed E-state index contributed by atoms with van der Waals surface area (Å²) in [6.07, 6.45) is 1.76. The van der Waals surface area contributed by atoms with E-state index in [1.54, 1.807) is 18.1 Å². The van der Waals surface area contributed by atoms with Gasteiger partial charge in [0.15, 0.2) is 5.65 Å². The summed E-state index contributed by atoms with van der Waals surface area (Å²) in [6.45, 7) is 6.50. The Morgan fingerprint density at radius 2 is 2.17 bits per heavy atom. The van der Waals surface area contributed by atoms with Crippen LogP contribution in [0.5, 0.6) is 0 Å². The summed E-state index contributed by atoms with van der Waals surface area (Å²) in [5, 5.41) is 5.25. The Kier molecular flexibility index (Phi) is 4.60. The van der Waals surface area contributed by atoms with Gasteiger partial charge < -0.3 is 4.90 Å². The normalized spacial score (nSPS) is 11.4. The SMILES string of the molecule is Cc1nc2c(cnn2C(C)C)cc1C(=O)N(C)Cc1ccc(Cl)s1. The third-order valence-corrected chi connectivity index (χ3v) is 5.06. The molecular weight excluding hydrogens is 344 g/mol. The van der Waals surface area contributed by atoms with E-state index in [2.05, 4.69) is 23.9 Å². The summed E-state index contributed by atoms with van der Waals surface area (Å²) in [5.74, 6) is -0.0521. The minimum absolute atomic E-state index is 0.0521. The minimum Gasteiger partial charge on any atom is -0.337 e. The van der Waals surface area contributed by atoms with Crippen LogP contribution in [0.25, 0.3) is 11.0 Å². The molecule has 0 saturated heterocycles. The van der Waals surface area contributed by atoms with Gasteiger partial charge in [0.1, 0.15) is 0 Å². The second-order valence-electron chi connectivity index (χ2n) is 6.08. The van der Waals surface area contributed by atoms with E-state index in [4.69, 9.17) is 11.6 Å². The van der Waals surface area contributed by atoms with Gasteiger partial charge in [0.25, 0.3) is 5.91 Å². The smallest absolute Gasteiger partial charge is 0.255 e. The Morgan fingerprint density at radius 1 is 1.42 bits per heavy atom. The molecule has 3 aromatic heterocycles. The fourth-order valence-electron chi connectivity index (χ4n) is 2.61. The first kappa shape index (κ1) is 16.9. The number of aromatic nitrogens is 3. The highest BCUT2D eigenvalue weighted by Crippen LogP contribution is 2.24. The molecule has 0 radical (unpaired) electrons. The lowest BCUT2D eigenvalue weighted by molar-refractivity contribution is 0.0785. The number of carbonyl (C=O) groups is 1. The molecule has 0 bridgehead atoms. The number of thiophene rings is 1. The van der Waals surface area contributed by atoms with Crippen molar-refractivity contribution in [2.75, 3.05) is 7.05 Å². The fraction of sp³-hybridized carbons (Fsp3) is 0.353. The second kappa shape index (κ2) is 6.53. The Morgan fingerprint density at radius 3 is 2.79 bits per heavy atom. The maximum atomic E-state index is 12.8. The standard InChI is InChI=1S/C17H19ClN4OS/c1-10(2)22-16-12(8-19-22)7-14(11(3)20-16)17(23)21(4)9-13-5-6-15(18)24-13/h5-8,10H,9H2,1-4H3. The summed E-state index contributed by atoms with van der Waals surface area (Å²) in [7, 11) is 1.79. The van der Waals surface area contributed by atoms with E-state index in [0.29, 0.717) is 17.8 Å². The average Bonchev–Trinajstić information content (AvgIpc) is 3.11. The van der Waals surface area contributed by atoms with Gasteiger partial charge in [-0.15, -0.1) is 11.3 Å². The van der Waals surface area contributed by atoms with Crippen LogP contribution in [-0.4, -0.2) is 32.6 Å². The number of rotatable bonds is 4. The lowest BCUT2D eigenvalue weighted by atomic mass is 10.1. The summed E-state index contributed by atoms with van der Waals surface area (Å²) < 4.78 is 2.60. The zero-order valence-electron chi connectivity index (χ0n) is 14.1. The fourth-order valence-corrected chi connectivity index (χ4v) is 3.75. The van der Waals surface area contributed by atoms with E-state index < -0.39 is 0 Å². The monoisotopic (exact) mass is 362 g/mol. The van der Waals surface area contributed by atoms with Crippen LogP contribution in [0.2, 0.25) is 4.34 Å². The second-order valence-corrected chi connectivity index (χ2v) is 7.88. The molecule has 3 heterocycles. The lowest BCUT2D eigenvalue weighted by Crippen LogP contribution is -2.26. The first-order valence-corrected chi connectivity index (χ1v) is 8.91. The Balaban J connectivity index is 1.90. The maximum Gasteiger partial charge on any atom is 0.255 e. The number of pyridine rings is 1. The van der Waals surface area contributed by atoms with Gasteiger partial charge in [0.2, 0.25) is 0 Å². The highest BCUT2D eigenvalue weighted by Gasteiger charge is 2.18. The number of nitrogens with zero attached hydrogens (tertiary/aromatic N) is 4. The topological polar surface area (TPSA) is 51.0 Å². The highest BCUT2D eigenvalue weighted by atomic mass is 35.5. The molecule has 7 heteroatoms. The largest absolute Gasteiger partial charge is 0.337 e. The van der Waals surface area contributed by atoms with Crippen LogP contribution in [0.3, 0.4) is 0 Å². The van der Waals surface area contributed by atoms with Crippen molar-refractivity contribution in [1.82, 2.24) is 19.7 Å². The van der Waals surface area contributed by atoms with Crippen molar-refractivity contribution in [3.63, 3.8) is 0 Å². The Bertz CT molecular complexity index is 899. The third kappa shape index (κ3) is 3.16. The molecule has 24 heavy (non-hydrogen) atoms. The van der Waals surface area contributed by atoms with Crippen LogP contribution in [0.4, 0.5) is 0 Å². The average molecular weight is 363 g/mol. The van der Waals surface area contributed by atoms with Crippen LogP contribution < -0.4 is 0 Å². The first-order chi connectivity index (χ1) is 11.4. The molecule has 5 nitrogen and oxygen atoms in total.